The van der Waals surface area contributed by atoms with Crippen LogP contribution in [0.25, 0.3) is 0 Å². The molecule has 0 heterocycles. The van der Waals surface area contributed by atoms with E-state index in [1.54, 1.807) is 30.3 Å². The Balaban J connectivity index is 2.12. The molecular weight excluding hydrogens is 294 g/mol. The van der Waals surface area contributed by atoms with Gasteiger partial charge in [0.15, 0.2) is 0 Å². The monoisotopic (exact) mass is 315 g/mol. The molecule has 0 bridgehead atoms. The number of benzene rings is 2. The van der Waals surface area contributed by atoms with Crippen molar-refractivity contribution in [2.24, 2.45) is 0 Å². The van der Waals surface area contributed by atoms with Gasteiger partial charge in [-0.2, -0.15) is 0 Å². The maximum absolute atomic E-state index is 12.3. The molecule has 5 nitrogen and oxygen atoms in total. The molecule has 5 heteroatoms. The van der Waals surface area contributed by atoms with Gasteiger partial charge in [0.05, 0.1) is 13.2 Å². The molecule has 0 aromatic heterocycles. The summed E-state index contributed by atoms with van der Waals surface area (Å²) in [5.74, 6) is 0.374. The number of hydrogen-bond acceptors (Lipinski definition) is 4. The minimum Gasteiger partial charge on any atom is -0.491 e. The lowest BCUT2D eigenvalue weighted by Crippen LogP contribution is -2.13. The number of ether oxygens (including phenoxy) is 1. The van der Waals surface area contributed by atoms with Gasteiger partial charge in [-0.3, -0.25) is 4.79 Å². The number of hydrogen-bond donors (Lipinski definition) is 3. The predicted octanol–water partition coefficient (Wildman–Crippen LogP) is 2.42. The van der Waals surface area contributed by atoms with Crippen molar-refractivity contribution in [3.8, 4) is 5.75 Å². The van der Waals surface area contributed by atoms with Gasteiger partial charge in [-0.25, -0.2) is 0 Å². The van der Waals surface area contributed by atoms with Gasteiger partial charge in [-0.1, -0.05) is 6.07 Å². The maximum atomic E-state index is 12.3. The Morgan fingerprint density at radius 3 is 2.39 bits per heavy atom. The standard InChI is InChI=1S/C18H21NO4/c1-12-9-13(2)17(10-15(12)11-21)19-18(22)14-3-5-16(6-4-14)23-8-7-20/h3-6,9-10,20-21H,7-8,11H2,1-2H3,(H,19,22). The van der Waals surface area contributed by atoms with Crippen LogP contribution in [0.2, 0.25) is 0 Å². The summed E-state index contributed by atoms with van der Waals surface area (Å²) >= 11 is 0. The summed E-state index contributed by atoms with van der Waals surface area (Å²) in [5.41, 5.74) is 3.92. The maximum Gasteiger partial charge on any atom is 0.255 e. The summed E-state index contributed by atoms with van der Waals surface area (Å²) in [5, 5.41) is 20.9. The first-order valence-electron chi connectivity index (χ1n) is 7.41. The molecule has 2 aromatic rings. The molecule has 0 aliphatic carbocycles. The quantitative estimate of drug-likeness (QED) is 0.765. The summed E-state index contributed by atoms with van der Waals surface area (Å²) < 4.78 is 5.26. The Kier molecular flexibility index (Phi) is 5.73. The first-order valence-corrected chi connectivity index (χ1v) is 7.41. The Bertz CT molecular complexity index is 680. The first-order chi connectivity index (χ1) is 11.0. The van der Waals surface area contributed by atoms with Crippen LogP contribution >= 0.6 is 0 Å². The van der Waals surface area contributed by atoms with Crippen LogP contribution in [0.4, 0.5) is 5.69 Å². The van der Waals surface area contributed by atoms with Crippen molar-refractivity contribution in [2.75, 3.05) is 18.5 Å². The summed E-state index contributed by atoms with van der Waals surface area (Å²) in [6.07, 6.45) is 0. The third-order valence-electron chi connectivity index (χ3n) is 3.58. The van der Waals surface area contributed by atoms with Crippen molar-refractivity contribution >= 4 is 11.6 Å². The topological polar surface area (TPSA) is 78.8 Å². The molecular formula is C18H21NO4. The minimum absolute atomic E-state index is 0.0534. The number of aliphatic hydroxyl groups is 2. The molecule has 0 aliphatic heterocycles. The summed E-state index contributed by atoms with van der Waals surface area (Å²) in [6.45, 7) is 3.94. The second-order valence-corrected chi connectivity index (χ2v) is 5.30. The number of aliphatic hydroxyl groups excluding tert-OH is 2. The van der Waals surface area contributed by atoms with Crippen molar-refractivity contribution in [2.45, 2.75) is 20.5 Å². The molecule has 0 fully saturated rings. The number of carbonyl (C=O) groups excluding carboxylic acids is 1. The van der Waals surface area contributed by atoms with Crippen LogP contribution in [0.1, 0.15) is 27.0 Å². The SMILES string of the molecule is Cc1cc(C)c(NC(=O)c2ccc(OCCO)cc2)cc1CO. The molecule has 3 N–H and O–H groups in total. The van der Waals surface area contributed by atoms with Crippen LogP contribution in [0, 0.1) is 13.8 Å². The van der Waals surface area contributed by atoms with E-state index in [1.807, 2.05) is 19.9 Å². The van der Waals surface area contributed by atoms with E-state index in [-0.39, 0.29) is 25.7 Å². The van der Waals surface area contributed by atoms with Gasteiger partial charge in [0, 0.05) is 11.3 Å². The number of carbonyl (C=O) groups is 1. The highest BCUT2D eigenvalue weighted by Gasteiger charge is 2.10. The van der Waals surface area contributed by atoms with E-state index >= 15 is 0 Å². The summed E-state index contributed by atoms with van der Waals surface area (Å²) in [4.78, 5) is 12.3. The Hall–Kier alpha value is -2.37. The Labute approximate surface area is 135 Å². The third-order valence-corrected chi connectivity index (χ3v) is 3.58. The molecule has 23 heavy (non-hydrogen) atoms. The van der Waals surface area contributed by atoms with Crippen LogP contribution < -0.4 is 10.1 Å². The van der Waals surface area contributed by atoms with Crippen molar-refractivity contribution in [3.05, 3.63) is 58.7 Å². The van der Waals surface area contributed by atoms with Gasteiger partial charge < -0.3 is 20.3 Å². The molecule has 0 saturated carbocycles. The van der Waals surface area contributed by atoms with Gasteiger partial charge in [-0.15, -0.1) is 0 Å². The lowest BCUT2D eigenvalue weighted by Gasteiger charge is -2.12. The van der Waals surface area contributed by atoms with Gasteiger partial charge in [-0.05, 0) is 60.9 Å². The van der Waals surface area contributed by atoms with E-state index in [2.05, 4.69) is 5.32 Å². The van der Waals surface area contributed by atoms with Gasteiger partial charge in [0.25, 0.3) is 5.91 Å². The van der Waals surface area contributed by atoms with E-state index in [0.717, 1.165) is 16.7 Å². The number of anilines is 1. The van der Waals surface area contributed by atoms with Crippen LogP contribution in [-0.2, 0) is 6.61 Å². The number of amides is 1. The van der Waals surface area contributed by atoms with E-state index < -0.39 is 0 Å². The molecule has 0 unspecified atom stereocenters. The van der Waals surface area contributed by atoms with Gasteiger partial charge in [0.1, 0.15) is 12.4 Å². The number of nitrogens with one attached hydrogen (secondary N) is 1. The molecule has 0 saturated heterocycles. The molecule has 1 amide bonds. The smallest absolute Gasteiger partial charge is 0.255 e. The van der Waals surface area contributed by atoms with E-state index in [1.165, 1.54) is 0 Å². The highest BCUT2D eigenvalue weighted by Crippen LogP contribution is 2.22. The van der Waals surface area contributed by atoms with Crippen molar-refractivity contribution in [1.82, 2.24) is 0 Å². The fourth-order valence-electron chi connectivity index (χ4n) is 2.26. The highest BCUT2D eigenvalue weighted by molar-refractivity contribution is 6.04. The highest BCUT2D eigenvalue weighted by atomic mass is 16.5. The normalized spacial score (nSPS) is 10.4. The zero-order chi connectivity index (χ0) is 16.8. The third kappa shape index (κ3) is 4.31. The molecule has 2 aromatic carbocycles. The van der Waals surface area contributed by atoms with Gasteiger partial charge >= 0.3 is 0 Å². The fraction of sp³-hybridized carbons (Fsp3) is 0.278. The zero-order valence-electron chi connectivity index (χ0n) is 13.3. The summed E-state index contributed by atoms with van der Waals surface area (Å²) in [6, 6.07) is 10.4. The molecule has 0 spiro atoms. The van der Waals surface area contributed by atoms with Crippen molar-refractivity contribution in [1.29, 1.82) is 0 Å². The number of rotatable bonds is 6. The Morgan fingerprint density at radius 1 is 1.09 bits per heavy atom. The van der Waals surface area contributed by atoms with E-state index in [9.17, 15) is 9.90 Å². The zero-order valence-corrected chi connectivity index (χ0v) is 13.3. The van der Waals surface area contributed by atoms with Crippen LogP contribution in [0.15, 0.2) is 36.4 Å². The molecule has 122 valence electrons. The summed E-state index contributed by atoms with van der Waals surface area (Å²) in [7, 11) is 0. The van der Waals surface area contributed by atoms with Crippen LogP contribution in [0.5, 0.6) is 5.75 Å². The predicted molar refractivity (Wildman–Crippen MR) is 88.8 cm³/mol. The van der Waals surface area contributed by atoms with Crippen molar-refractivity contribution < 1.29 is 19.7 Å². The molecule has 2 rings (SSSR count). The van der Waals surface area contributed by atoms with Crippen LogP contribution in [-0.4, -0.2) is 29.3 Å². The second kappa shape index (κ2) is 7.76. The van der Waals surface area contributed by atoms with Crippen molar-refractivity contribution in [3.63, 3.8) is 0 Å². The average molecular weight is 315 g/mol. The largest absolute Gasteiger partial charge is 0.491 e. The lowest BCUT2D eigenvalue weighted by atomic mass is 10.0. The minimum atomic E-state index is -0.227. The van der Waals surface area contributed by atoms with Crippen LogP contribution in [0.3, 0.4) is 0 Å². The fourth-order valence-corrected chi connectivity index (χ4v) is 2.26. The van der Waals surface area contributed by atoms with E-state index in [0.29, 0.717) is 17.0 Å². The average Bonchev–Trinajstić information content (AvgIpc) is 2.55. The lowest BCUT2D eigenvalue weighted by molar-refractivity contribution is 0.102. The first kappa shape index (κ1) is 17.0. The molecule has 0 aliphatic rings. The second-order valence-electron chi connectivity index (χ2n) is 5.30. The number of aryl methyl sites for hydroxylation is 2. The van der Waals surface area contributed by atoms with Gasteiger partial charge in [0.2, 0.25) is 0 Å². The Morgan fingerprint density at radius 2 is 1.78 bits per heavy atom. The van der Waals surface area contributed by atoms with E-state index in [4.69, 9.17) is 9.84 Å². The molecule has 0 atom stereocenters. The molecule has 0 radical (unpaired) electrons.